The third kappa shape index (κ3) is 2.54. The first kappa shape index (κ1) is 16.8. The highest BCUT2D eigenvalue weighted by molar-refractivity contribution is 6.19. The second-order valence-corrected chi connectivity index (χ2v) is 6.95. The number of allylic oxidation sites excluding steroid dienone is 4. The first-order valence-corrected chi connectivity index (χ1v) is 8.74. The Morgan fingerprint density at radius 2 is 1.89 bits per heavy atom. The third-order valence-corrected chi connectivity index (χ3v) is 5.21. The van der Waals surface area contributed by atoms with Crippen molar-refractivity contribution in [2.45, 2.75) is 19.0 Å². The fourth-order valence-electron chi connectivity index (χ4n) is 3.99. The van der Waals surface area contributed by atoms with Crippen LogP contribution in [0, 0.1) is 0 Å². The standard InChI is InChI=1S/C21H14F3N3O/c22-21(23,24)13-5-6-17-18(9-13)26-20(25-17)16-10-14(27-28)8-12-7-11-3-1-2-4-15(11)19(12)16/h1-6,9-10,28H,7-8H2,(H,25,26). The van der Waals surface area contributed by atoms with Crippen molar-refractivity contribution in [1.29, 1.82) is 0 Å². The van der Waals surface area contributed by atoms with Crippen LogP contribution in [-0.4, -0.2) is 20.9 Å². The molecule has 0 aliphatic heterocycles. The molecule has 0 amide bonds. The monoisotopic (exact) mass is 381 g/mol. The molecule has 2 aromatic carbocycles. The van der Waals surface area contributed by atoms with Crippen LogP contribution in [-0.2, 0) is 12.6 Å². The van der Waals surface area contributed by atoms with Crippen LogP contribution in [0.3, 0.4) is 0 Å². The van der Waals surface area contributed by atoms with E-state index < -0.39 is 11.7 Å². The lowest BCUT2D eigenvalue weighted by Crippen LogP contribution is -2.07. The molecule has 3 aromatic rings. The van der Waals surface area contributed by atoms with Gasteiger partial charge in [-0.25, -0.2) is 4.98 Å². The summed E-state index contributed by atoms with van der Waals surface area (Å²) < 4.78 is 39.1. The average Bonchev–Trinajstić information content (AvgIpc) is 3.26. The van der Waals surface area contributed by atoms with E-state index >= 15 is 0 Å². The molecule has 0 bridgehead atoms. The maximum absolute atomic E-state index is 13.0. The molecule has 1 heterocycles. The first-order valence-electron chi connectivity index (χ1n) is 8.74. The van der Waals surface area contributed by atoms with Crippen molar-refractivity contribution in [2.24, 2.45) is 5.16 Å². The molecule has 2 N–H and O–H groups in total. The predicted octanol–water partition coefficient (Wildman–Crippen LogP) is 5.21. The maximum atomic E-state index is 13.0. The summed E-state index contributed by atoms with van der Waals surface area (Å²) in [5.74, 6) is 0.458. The Bertz CT molecular complexity index is 1220. The Labute approximate surface area is 157 Å². The summed E-state index contributed by atoms with van der Waals surface area (Å²) >= 11 is 0. The minimum Gasteiger partial charge on any atom is -0.411 e. The average molecular weight is 381 g/mol. The van der Waals surface area contributed by atoms with Crippen LogP contribution in [0.25, 0.3) is 22.2 Å². The van der Waals surface area contributed by atoms with Gasteiger partial charge in [-0.3, -0.25) is 0 Å². The highest BCUT2D eigenvalue weighted by Gasteiger charge is 2.32. The highest BCUT2D eigenvalue weighted by atomic mass is 19.4. The molecule has 4 nitrogen and oxygen atoms in total. The van der Waals surface area contributed by atoms with Crippen molar-refractivity contribution in [3.05, 3.63) is 76.6 Å². The van der Waals surface area contributed by atoms with Crippen LogP contribution in [0.1, 0.15) is 28.9 Å². The zero-order valence-electron chi connectivity index (χ0n) is 14.5. The fourth-order valence-corrected chi connectivity index (χ4v) is 3.99. The number of aromatic amines is 1. The van der Waals surface area contributed by atoms with Gasteiger partial charge in [0.25, 0.3) is 0 Å². The minimum absolute atomic E-state index is 0.312. The van der Waals surface area contributed by atoms with Crippen molar-refractivity contribution in [3.63, 3.8) is 0 Å². The van der Waals surface area contributed by atoms with E-state index in [2.05, 4.69) is 21.2 Å². The molecule has 2 aliphatic rings. The Hall–Kier alpha value is -3.35. The molecule has 2 aliphatic carbocycles. The van der Waals surface area contributed by atoms with E-state index in [1.807, 2.05) is 18.2 Å². The van der Waals surface area contributed by atoms with Crippen molar-refractivity contribution < 1.29 is 18.4 Å². The molecule has 0 saturated heterocycles. The van der Waals surface area contributed by atoms with Gasteiger partial charge in [-0.15, -0.1) is 0 Å². The Morgan fingerprint density at radius 1 is 1.07 bits per heavy atom. The lowest BCUT2D eigenvalue weighted by atomic mass is 9.89. The maximum Gasteiger partial charge on any atom is 0.416 e. The number of rotatable bonds is 1. The second kappa shape index (κ2) is 5.82. The van der Waals surface area contributed by atoms with Crippen LogP contribution in [0.15, 0.2) is 59.3 Å². The predicted molar refractivity (Wildman–Crippen MR) is 100.0 cm³/mol. The molecular formula is C21H14F3N3O. The molecule has 28 heavy (non-hydrogen) atoms. The summed E-state index contributed by atoms with van der Waals surface area (Å²) in [7, 11) is 0. The van der Waals surface area contributed by atoms with Gasteiger partial charge in [0, 0.05) is 12.0 Å². The number of H-pyrrole nitrogens is 1. The summed E-state index contributed by atoms with van der Waals surface area (Å²) in [5.41, 5.74) is 5.64. The highest BCUT2D eigenvalue weighted by Crippen LogP contribution is 2.45. The first-order chi connectivity index (χ1) is 13.4. The Balaban J connectivity index is 1.67. The quantitative estimate of drug-likeness (QED) is 0.449. The molecule has 0 fully saturated rings. The molecular weight excluding hydrogens is 367 g/mol. The normalized spacial score (nSPS) is 17.8. The molecule has 0 unspecified atom stereocenters. The van der Waals surface area contributed by atoms with Gasteiger partial charge in [-0.05, 0) is 47.4 Å². The molecule has 1 aromatic heterocycles. The number of hydrogen-bond donors (Lipinski definition) is 2. The number of hydrogen-bond acceptors (Lipinski definition) is 3. The summed E-state index contributed by atoms with van der Waals surface area (Å²) in [6.45, 7) is 0. The smallest absolute Gasteiger partial charge is 0.411 e. The number of fused-ring (bicyclic) bond motifs is 3. The van der Waals surface area contributed by atoms with E-state index in [4.69, 9.17) is 0 Å². The number of alkyl halides is 3. The van der Waals surface area contributed by atoms with Gasteiger partial charge in [-0.1, -0.05) is 35.0 Å². The number of nitrogens with zero attached hydrogens (tertiary/aromatic N) is 2. The van der Waals surface area contributed by atoms with Crippen molar-refractivity contribution in [3.8, 4) is 0 Å². The molecule has 0 spiro atoms. The van der Waals surface area contributed by atoms with Gasteiger partial charge in [0.15, 0.2) is 0 Å². The summed E-state index contributed by atoms with van der Waals surface area (Å²) in [5, 5.41) is 12.7. The largest absolute Gasteiger partial charge is 0.416 e. The van der Waals surface area contributed by atoms with Crippen LogP contribution in [0.2, 0.25) is 0 Å². The van der Waals surface area contributed by atoms with E-state index in [0.29, 0.717) is 29.0 Å². The lowest BCUT2D eigenvalue weighted by molar-refractivity contribution is -0.137. The topological polar surface area (TPSA) is 61.3 Å². The molecule has 140 valence electrons. The summed E-state index contributed by atoms with van der Waals surface area (Å²) in [6.07, 6.45) is -1.40. The van der Waals surface area contributed by atoms with Crippen LogP contribution < -0.4 is 0 Å². The van der Waals surface area contributed by atoms with Gasteiger partial charge in [0.2, 0.25) is 0 Å². The fraction of sp³-hybridized carbons (Fsp3) is 0.143. The van der Waals surface area contributed by atoms with E-state index in [1.54, 1.807) is 6.08 Å². The van der Waals surface area contributed by atoms with E-state index in [1.165, 1.54) is 11.6 Å². The van der Waals surface area contributed by atoms with Gasteiger partial charge in [-0.2, -0.15) is 13.2 Å². The van der Waals surface area contributed by atoms with Gasteiger partial charge < -0.3 is 10.2 Å². The minimum atomic E-state index is -4.42. The van der Waals surface area contributed by atoms with Crippen LogP contribution >= 0.6 is 0 Å². The number of benzene rings is 2. The molecule has 0 radical (unpaired) electrons. The zero-order valence-corrected chi connectivity index (χ0v) is 14.5. The number of halogens is 3. The molecule has 7 heteroatoms. The van der Waals surface area contributed by atoms with Crippen LogP contribution in [0.5, 0.6) is 0 Å². The molecule has 5 rings (SSSR count). The van der Waals surface area contributed by atoms with Gasteiger partial charge >= 0.3 is 6.18 Å². The second-order valence-electron chi connectivity index (χ2n) is 6.95. The van der Waals surface area contributed by atoms with Crippen LogP contribution in [0.4, 0.5) is 13.2 Å². The summed E-state index contributed by atoms with van der Waals surface area (Å²) in [4.78, 5) is 7.52. The number of aromatic nitrogens is 2. The summed E-state index contributed by atoms with van der Waals surface area (Å²) in [6, 6.07) is 11.5. The number of imidazole rings is 1. The SMILES string of the molecule is ON=C1C=C(c2nc3ccc(C(F)(F)F)cc3[nH]2)C2=C(C1)Cc1ccccc12. The van der Waals surface area contributed by atoms with Crippen molar-refractivity contribution >= 4 is 27.9 Å². The Morgan fingerprint density at radius 3 is 2.68 bits per heavy atom. The number of oxime groups is 1. The van der Waals surface area contributed by atoms with E-state index in [-0.39, 0.29) is 0 Å². The third-order valence-electron chi connectivity index (χ3n) is 5.21. The van der Waals surface area contributed by atoms with Gasteiger partial charge in [0.05, 0.1) is 22.3 Å². The van der Waals surface area contributed by atoms with Gasteiger partial charge in [0.1, 0.15) is 5.82 Å². The van der Waals surface area contributed by atoms with Crippen molar-refractivity contribution in [2.75, 3.05) is 0 Å². The molecule has 0 atom stereocenters. The number of nitrogens with one attached hydrogen (secondary N) is 1. The van der Waals surface area contributed by atoms with E-state index in [9.17, 15) is 18.4 Å². The van der Waals surface area contributed by atoms with Crippen molar-refractivity contribution in [1.82, 2.24) is 9.97 Å². The zero-order chi connectivity index (χ0) is 19.5. The van der Waals surface area contributed by atoms with E-state index in [0.717, 1.165) is 40.8 Å². The Kier molecular flexibility index (Phi) is 3.49. The lowest BCUT2D eigenvalue weighted by Gasteiger charge is -2.16. The molecule has 0 saturated carbocycles.